The van der Waals surface area contributed by atoms with Gasteiger partial charge in [0.05, 0.1) is 13.2 Å². The van der Waals surface area contributed by atoms with Crippen molar-refractivity contribution >= 4 is 5.69 Å². The first kappa shape index (κ1) is 13.9. The zero-order chi connectivity index (χ0) is 14.8. The van der Waals surface area contributed by atoms with E-state index in [1.54, 1.807) is 13.2 Å². The van der Waals surface area contributed by atoms with Gasteiger partial charge in [-0.25, -0.2) is 4.39 Å². The van der Waals surface area contributed by atoms with Crippen molar-refractivity contribution in [3.8, 4) is 5.75 Å². The second-order valence-electron chi connectivity index (χ2n) is 5.24. The standard InChI is InChI=1S/C17H19FN2O/c1-21-15-6-3-12(4-7-15)17(11-19)20-9-8-13-2-5-14(18)10-16(13)20/h2-7,10,17H,8-9,11,19H2,1H3. The minimum Gasteiger partial charge on any atom is -0.497 e. The molecule has 4 heteroatoms. The van der Waals surface area contributed by atoms with E-state index < -0.39 is 0 Å². The summed E-state index contributed by atoms with van der Waals surface area (Å²) < 4.78 is 18.7. The second-order valence-corrected chi connectivity index (χ2v) is 5.24. The first-order valence-corrected chi connectivity index (χ1v) is 7.12. The zero-order valence-corrected chi connectivity index (χ0v) is 12.1. The minimum atomic E-state index is -0.203. The van der Waals surface area contributed by atoms with Crippen molar-refractivity contribution in [1.82, 2.24) is 0 Å². The predicted molar refractivity (Wildman–Crippen MR) is 82.2 cm³/mol. The van der Waals surface area contributed by atoms with Gasteiger partial charge >= 0.3 is 0 Å². The highest BCUT2D eigenvalue weighted by Gasteiger charge is 2.26. The van der Waals surface area contributed by atoms with E-state index in [2.05, 4.69) is 4.90 Å². The van der Waals surface area contributed by atoms with Gasteiger partial charge in [0.2, 0.25) is 0 Å². The van der Waals surface area contributed by atoms with E-state index in [9.17, 15) is 4.39 Å². The summed E-state index contributed by atoms with van der Waals surface area (Å²) in [5, 5.41) is 0. The molecule has 3 nitrogen and oxygen atoms in total. The van der Waals surface area contributed by atoms with E-state index in [1.165, 1.54) is 11.6 Å². The maximum atomic E-state index is 13.5. The Morgan fingerprint density at radius 2 is 2.00 bits per heavy atom. The lowest BCUT2D eigenvalue weighted by atomic mass is 10.0. The third kappa shape index (κ3) is 2.59. The average molecular weight is 286 g/mol. The lowest BCUT2D eigenvalue weighted by molar-refractivity contribution is 0.414. The van der Waals surface area contributed by atoms with Crippen LogP contribution in [0.5, 0.6) is 5.75 Å². The lowest BCUT2D eigenvalue weighted by Crippen LogP contribution is -2.32. The summed E-state index contributed by atoms with van der Waals surface area (Å²) in [7, 11) is 1.65. The van der Waals surface area contributed by atoms with Crippen LogP contribution in [0, 0.1) is 5.82 Å². The second kappa shape index (κ2) is 5.74. The number of anilines is 1. The van der Waals surface area contributed by atoms with Crippen LogP contribution in [0.4, 0.5) is 10.1 Å². The summed E-state index contributed by atoms with van der Waals surface area (Å²) in [6.07, 6.45) is 0.933. The number of benzene rings is 2. The Morgan fingerprint density at radius 1 is 1.24 bits per heavy atom. The van der Waals surface area contributed by atoms with Crippen molar-refractivity contribution in [2.75, 3.05) is 25.1 Å². The molecule has 0 fully saturated rings. The molecule has 110 valence electrons. The molecule has 2 N–H and O–H groups in total. The first-order chi connectivity index (χ1) is 10.2. The zero-order valence-electron chi connectivity index (χ0n) is 12.1. The fraction of sp³-hybridized carbons (Fsp3) is 0.294. The molecule has 0 spiro atoms. The topological polar surface area (TPSA) is 38.5 Å². The van der Waals surface area contributed by atoms with Gasteiger partial charge in [-0.1, -0.05) is 18.2 Å². The summed E-state index contributed by atoms with van der Waals surface area (Å²) in [6, 6.07) is 13.0. The van der Waals surface area contributed by atoms with E-state index in [1.807, 2.05) is 30.3 Å². The summed E-state index contributed by atoms with van der Waals surface area (Å²) in [4.78, 5) is 2.19. The molecule has 1 unspecified atom stereocenters. The van der Waals surface area contributed by atoms with E-state index >= 15 is 0 Å². The molecule has 0 aliphatic carbocycles. The van der Waals surface area contributed by atoms with Crippen LogP contribution in [0.1, 0.15) is 17.2 Å². The fourth-order valence-electron chi connectivity index (χ4n) is 2.97. The van der Waals surface area contributed by atoms with Crippen LogP contribution in [-0.2, 0) is 6.42 Å². The molecule has 2 aromatic carbocycles. The number of hydrogen-bond acceptors (Lipinski definition) is 3. The summed E-state index contributed by atoms with van der Waals surface area (Å²) in [6.45, 7) is 1.36. The molecule has 0 saturated carbocycles. The molecule has 0 amide bonds. The highest BCUT2D eigenvalue weighted by atomic mass is 19.1. The van der Waals surface area contributed by atoms with E-state index in [4.69, 9.17) is 10.5 Å². The Morgan fingerprint density at radius 3 is 2.67 bits per heavy atom. The molecule has 21 heavy (non-hydrogen) atoms. The van der Waals surface area contributed by atoms with Crippen molar-refractivity contribution in [2.45, 2.75) is 12.5 Å². The van der Waals surface area contributed by atoms with Crippen molar-refractivity contribution in [2.24, 2.45) is 5.73 Å². The first-order valence-electron chi connectivity index (χ1n) is 7.12. The Labute approximate surface area is 124 Å². The van der Waals surface area contributed by atoms with Gasteiger partial charge in [0, 0.05) is 18.8 Å². The van der Waals surface area contributed by atoms with Crippen molar-refractivity contribution < 1.29 is 9.13 Å². The average Bonchev–Trinajstić information content (AvgIpc) is 2.92. The number of halogens is 1. The number of fused-ring (bicyclic) bond motifs is 1. The van der Waals surface area contributed by atoms with Gasteiger partial charge in [0.1, 0.15) is 11.6 Å². The van der Waals surface area contributed by atoms with E-state index in [0.717, 1.165) is 30.0 Å². The lowest BCUT2D eigenvalue weighted by Gasteiger charge is -2.30. The van der Waals surface area contributed by atoms with Crippen LogP contribution >= 0.6 is 0 Å². The van der Waals surface area contributed by atoms with Crippen molar-refractivity contribution in [1.29, 1.82) is 0 Å². The molecule has 1 aliphatic rings. The van der Waals surface area contributed by atoms with Crippen LogP contribution in [0.15, 0.2) is 42.5 Å². The van der Waals surface area contributed by atoms with E-state index in [0.29, 0.717) is 6.54 Å². The molecule has 1 atom stereocenters. The van der Waals surface area contributed by atoms with Gasteiger partial charge in [-0.15, -0.1) is 0 Å². The molecular weight excluding hydrogens is 267 g/mol. The molecule has 0 saturated heterocycles. The smallest absolute Gasteiger partial charge is 0.125 e. The Balaban J connectivity index is 1.93. The molecule has 1 heterocycles. The van der Waals surface area contributed by atoms with Gasteiger partial charge in [0.15, 0.2) is 0 Å². The van der Waals surface area contributed by atoms with Gasteiger partial charge in [-0.3, -0.25) is 0 Å². The van der Waals surface area contributed by atoms with Gasteiger partial charge < -0.3 is 15.4 Å². The molecule has 2 aromatic rings. The van der Waals surface area contributed by atoms with Crippen molar-refractivity contribution in [3.63, 3.8) is 0 Å². The summed E-state index contributed by atoms with van der Waals surface area (Å²) >= 11 is 0. The third-order valence-electron chi connectivity index (χ3n) is 4.08. The normalized spacial score (nSPS) is 14.9. The Hall–Kier alpha value is -2.07. The number of nitrogens with zero attached hydrogens (tertiary/aromatic N) is 1. The monoisotopic (exact) mass is 286 g/mol. The highest BCUT2D eigenvalue weighted by molar-refractivity contribution is 5.60. The van der Waals surface area contributed by atoms with Crippen LogP contribution in [0.3, 0.4) is 0 Å². The largest absolute Gasteiger partial charge is 0.497 e. The molecule has 1 aliphatic heterocycles. The SMILES string of the molecule is COc1ccc(C(CN)N2CCc3ccc(F)cc32)cc1. The van der Waals surface area contributed by atoms with Gasteiger partial charge in [-0.05, 0) is 41.8 Å². The number of nitrogens with two attached hydrogens (primary N) is 1. The third-order valence-corrected chi connectivity index (χ3v) is 4.08. The molecule has 0 bridgehead atoms. The molecule has 3 rings (SSSR count). The molecular formula is C17H19FN2O. The molecule has 0 aromatic heterocycles. The van der Waals surface area contributed by atoms with Gasteiger partial charge in [0.25, 0.3) is 0 Å². The van der Waals surface area contributed by atoms with E-state index in [-0.39, 0.29) is 11.9 Å². The summed E-state index contributed by atoms with van der Waals surface area (Å²) in [5.74, 6) is 0.619. The predicted octanol–water partition coefficient (Wildman–Crippen LogP) is 2.90. The Kier molecular flexibility index (Phi) is 3.80. The highest BCUT2D eigenvalue weighted by Crippen LogP contribution is 2.35. The molecule has 0 radical (unpaired) electrons. The fourth-order valence-corrected chi connectivity index (χ4v) is 2.97. The number of rotatable bonds is 4. The van der Waals surface area contributed by atoms with Crippen LogP contribution < -0.4 is 15.4 Å². The summed E-state index contributed by atoms with van der Waals surface area (Å²) in [5.41, 5.74) is 9.25. The number of methoxy groups -OCH3 is 1. The quantitative estimate of drug-likeness (QED) is 0.939. The van der Waals surface area contributed by atoms with Crippen LogP contribution in [0.2, 0.25) is 0 Å². The Bertz CT molecular complexity index is 627. The number of ether oxygens (including phenoxy) is 1. The maximum absolute atomic E-state index is 13.5. The van der Waals surface area contributed by atoms with Gasteiger partial charge in [-0.2, -0.15) is 0 Å². The minimum absolute atomic E-state index is 0.0546. The van der Waals surface area contributed by atoms with Crippen LogP contribution in [-0.4, -0.2) is 20.2 Å². The number of hydrogen-bond donors (Lipinski definition) is 1. The van der Waals surface area contributed by atoms with Crippen LogP contribution in [0.25, 0.3) is 0 Å². The maximum Gasteiger partial charge on any atom is 0.125 e. The van der Waals surface area contributed by atoms with Crippen molar-refractivity contribution in [3.05, 3.63) is 59.4 Å².